The first-order valence-electron chi connectivity index (χ1n) is 23.7. The van der Waals surface area contributed by atoms with Crippen LogP contribution in [-0.4, -0.2) is 99.0 Å². The van der Waals surface area contributed by atoms with Crippen LogP contribution in [0.2, 0.25) is 0 Å². The smallest absolute Gasteiger partial charge is 0.264 e. The molecular weight excluding hydrogens is 887 g/mol. The minimum absolute atomic E-state index is 0.00611. The number of carbonyl (C=O) groups excluding carboxylic acids is 4. The zero-order valence-corrected chi connectivity index (χ0v) is 40.7. The number of para-hydroxylation sites is 1. The summed E-state index contributed by atoms with van der Waals surface area (Å²) in [6, 6.07) is 7.95. The van der Waals surface area contributed by atoms with Crippen LogP contribution in [0.1, 0.15) is 118 Å². The number of rotatable bonds is 8. The van der Waals surface area contributed by atoms with Crippen LogP contribution in [0.5, 0.6) is 0 Å². The van der Waals surface area contributed by atoms with Crippen LogP contribution < -0.4 is 0 Å². The van der Waals surface area contributed by atoms with Gasteiger partial charge in [-0.05, 0) is 148 Å². The minimum Gasteiger partial charge on any atom is -0.393 e. The third-order valence-electron chi connectivity index (χ3n) is 19.0. The number of Topliss-reactive ketones (excluding diaryl/α,β-unsaturated/α-hetero) is 2. The van der Waals surface area contributed by atoms with E-state index in [2.05, 4.69) is 23.0 Å². The van der Waals surface area contributed by atoms with E-state index >= 15 is 0 Å². The Morgan fingerprint density at radius 1 is 0.754 bits per heavy atom. The predicted molar refractivity (Wildman–Crippen MR) is 247 cm³/mol. The number of nitrogens with zero attached hydrogens (tertiary/aromatic N) is 1. The fourth-order valence-electron chi connectivity index (χ4n) is 15.7. The topological polar surface area (TPSA) is 205 Å². The lowest BCUT2D eigenvalue weighted by Gasteiger charge is -2.60. The van der Waals surface area contributed by atoms with Crippen molar-refractivity contribution < 1.29 is 52.2 Å². The number of fused-ring (bicyclic) bond motifs is 11. The van der Waals surface area contributed by atoms with Gasteiger partial charge in [0.15, 0.2) is 27.5 Å². The van der Waals surface area contributed by atoms with Crippen LogP contribution in [0.3, 0.4) is 0 Å². The first-order chi connectivity index (χ1) is 30.5. The number of aliphatic hydroxyl groups is 4. The van der Waals surface area contributed by atoms with E-state index in [1.54, 1.807) is 17.4 Å². The van der Waals surface area contributed by atoms with E-state index in [9.17, 15) is 48.0 Å². The van der Waals surface area contributed by atoms with Crippen molar-refractivity contribution in [1.82, 2.24) is 4.98 Å². The summed E-state index contributed by atoms with van der Waals surface area (Å²) in [6.45, 7) is 7.60. The molecule has 15 heteroatoms. The van der Waals surface area contributed by atoms with Crippen LogP contribution in [0, 0.1) is 57.2 Å². The molecule has 2 aromatic rings. The second-order valence-electron chi connectivity index (χ2n) is 22.0. The fraction of sp³-hybridized carbons (Fsp3) is 0.700. The number of aliphatic hydroxyl groups excluding tert-OH is 2. The van der Waals surface area contributed by atoms with Gasteiger partial charge >= 0.3 is 0 Å². The third kappa shape index (κ3) is 7.54. The molecular formula is C50H65NO11S3. The maximum Gasteiger partial charge on any atom is 0.264 e. The number of ketones is 4. The molecule has 1 aromatic carbocycles. The highest BCUT2D eigenvalue weighted by molar-refractivity contribution is 8.01. The van der Waals surface area contributed by atoms with Crippen molar-refractivity contribution in [1.29, 1.82) is 0 Å². The van der Waals surface area contributed by atoms with Crippen LogP contribution >= 0.6 is 23.1 Å². The Morgan fingerprint density at radius 2 is 1.25 bits per heavy atom. The molecule has 8 aliphatic rings. The molecule has 354 valence electrons. The molecule has 0 bridgehead atoms. The van der Waals surface area contributed by atoms with E-state index in [1.807, 2.05) is 44.2 Å². The van der Waals surface area contributed by atoms with E-state index in [0.29, 0.717) is 32.1 Å². The number of carbonyl (C=O) groups is 4. The Bertz CT molecular complexity index is 2450. The van der Waals surface area contributed by atoms with E-state index in [4.69, 9.17) is 0 Å². The van der Waals surface area contributed by atoms with Gasteiger partial charge in [-0.25, -0.2) is 4.98 Å². The molecule has 1 heterocycles. The van der Waals surface area contributed by atoms with Crippen molar-refractivity contribution >= 4 is 66.6 Å². The number of thiazole rings is 1. The summed E-state index contributed by atoms with van der Waals surface area (Å²) < 4.78 is 29.3. The van der Waals surface area contributed by atoms with Gasteiger partial charge in [-0.3, -0.25) is 23.4 Å². The molecule has 10 rings (SSSR count). The molecule has 14 atom stereocenters. The fourth-order valence-corrected chi connectivity index (χ4v) is 18.1. The molecule has 12 nitrogen and oxygen atoms in total. The molecule has 0 saturated heterocycles. The molecule has 6 saturated carbocycles. The highest BCUT2D eigenvalue weighted by Gasteiger charge is 2.70. The predicted octanol–water partition coefficient (Wildman–Crippen LogP) is 6.96. The lowest BCUT2D eigenvalue weighted by Crippen LogP contribution is -2.62. The summed E-state index contributed by atoms with van der Waals surface area (Å²) in [5.41, 5.74) is -1.74. The largest absolute Gasteiger partial charge is 0.393 e. The van der Waals surface area contributed by atoms with Gasteiger partial charge in [0.1, 0.15) is 17.8 Å². The first-order valence-corrected chi connectivity index (χ1v) is 27.3. The number of aromatic nitrogens is 1. The normalized spacial score (nSPS) is 43.1. The van der Waals surface area contributed by atoms with Crippen molar-refractivity contribution in [3.63, 3.8) is 0 Å². The van der Waals surface area contributed by atoms with E-state index in [0.717, 1.165) is 71.3 Å². The van der Waals surface area contributed by atoms with Crippen LogP contribution in [0.25, 0.3) is 10.2 Å². The Morgan fingerprint density at radius 3 is 1.74 bits per heavy atom. The minimum atomic E-state index is -3.80. The monoisotopic (exact) mass is 951 g/mol. The summed E-state index contributed by atoms with van der Waals surface area (Å²) >= 11 is 2.99. The summed E-state index contributed by atoms with van der Waals surface area (Å²) in [5, 5.41) is 46.2. The van der Waals surface area contributed by atoms with Gasteiger partial charge < -0.3 is 20.4 Å². The van der Waals surface area contributed by atoms with Gasteiger partial charge in [0.25, 0.3) is 10.1 Å². The van der Waals surface area contributed by atoms with Crippen LogP contribution in [0.4, 0.5) is 0 Å². The zero-order chi connectivity index (χ0) is 46.7. The lowest BCUT2D eigenvalue weighted by molar-refractivity contribution is -0.181. The van der Waals surface area contributed by atoms with Gasteiger partial charge in [0.05, 0.1) is 34.4 Å². The van der Waals surface area contributed by atoms with Crippen molar-refractivity contribution in [3.8, 4) is 0 Å². The molecule has 0 aliphatic heterocycles. The van der Waals surface area contributed by atoms with Crippen LogP contribution in [0.15, 0.2) is 51.9 Å². The van der Waals surface area contributed by atoms with E-state index in [1.165, 1.54) is 17.3 Å². The second-order valence-corrected chi connectivity index (χ2v) is 25.9. The van der Waals surface area contributed by atoms with Gasteiger partial charge in [-0.2, -0.15) is 8.42 Å². The maximum absolute atomic E-state index is 13.6. The quantitative estimate of drug-likeness (QED) is 0.156. The molecule has 0 amide bonds. The lowest BCUT2D eigenvalue weighted by atomic mass is 9.45. The average molecular weight is 952 g/mol. The van der Waals surface area contributed by atoms with Gasteiger partial charge in [0, 0.05) is 23.7 Å². The van der Waals surface area contributed by atoms with Crippen molar-refractivity contribution in [2.45, 2.75) is 145 Å². The standard InChI is InChI=1S/C28H33NO4S2.C22H32O7S/c1-26-11-9-17(30)13-16(26)7-8-18-19-10-12-28(33,27(19,2)14-21(31)24(18)26)23(32)15-34-25-29-20-5-3-4-6-22(20)35-25;1-20-8-6-14(23)10-13(20)4-5-15-16-7-9-22(26,18(25)12-29-30(3,27)28)21(16,2)11-17(24)19(15)20/h3-6,13,18-19,21,24,31,33H,7-12,14-15H2,1-2H3;10,15-17,19,24,26H,4-9,11-12H2,1-3H3/t18?,19?,21-,24?,26?,27?,28-;15?,16?,17-,19?,20?,21?,22-/m00/s1. The summed E-state index contributed by atoms with van der Waals surface area (Å²) in [7, 11) is -3.80. The maximum atomic E-state index is 13.6. The van der Waals surface area contributed by atoms with E-state index in [-0.39, 0.29) is 82.3 Å². The number of thioether (sulfide) groups is 1. The Hall–Kier alpha value is -2.63. The highest BCUT2D eigenvalue weighted by atomic mass is 32.2. The summed E-state index contributed by atoms with van der Waals surface area (Å²) in [5.74, 6) is 0.525. The molecule has 4 N–H and O–H groups in total. The molecule has 65 heavy (non-hydrogen) atoms. The number of benzene rings is 1. The first kappa shape index (κ1) is 47.4. The molecule has 0 radical (unpaired) electrons. The molecule has 10 unspecified atom stereocenters. The Balaban J connectivity index is 0.000000166. The summed E-state index contributed by atoms with van der Waals surface area (Å²) in [6.07, 6.45) is 12.0. The van der Waals surface area contributed by atoms with Gasteiger partial charge in [0.2, 0.25) is 0 Å². The number of hydrogen-bond donors (Lipinski definition) is 4. The van der Waals surface area contributed by atoms with Crippen LogP contribution in [-0.2, 0) is 33.5 Å². The van der Waals surface area contributed by atoms with Crippen molar-refractivity contribution in [2.24, 2.45) is 57.2 Å². The average Bonchev–Trinajstić information content (AvgIpc) is 3.88. The molecule has 0 spiro atoms. The number of allylic oxidation sites excluding steroid dienone is 2. The third-order valence-corrected chi connectivity index (χ3v) is 21.7. The Labute approximate surface area is 390 Å². The summed E-state index contributed by atoms with van der Waals surface area (Å²) in [4.78, 5) is 55.2. The van der Waals surface area contributed by atoms with Gasteiger partial charge in [-0.1, -0.05) is 62.7 Å². The second kappa shape index (κ2) is 16.5. The molecule has 1 aromatic heterocycles. The van der Waals surface area contributed by atoms with Crippen molar-refractivity contribution in [2.75, 3.05) is 18.6 Å². The SMILES string of the molecule is CC12CCC(=O)C=C1CCC1C2[C@@H](O)CC2(C)C1CC[C@]2(O)C(=O)COS(C)(=O)=O.CC12CCC(=O)C=C1CCC1C2[C@@H](O)CC2(C)C1CC[C@]2(O)C(=O)CSc1nc2ccccc2s1. The number of hydrogen-bond acceptors (Lipinski definition) is 14. The molecule has 8 aliphatic carbocycles. The van der Waals surface area contributed by atoms with Crippen molar-refractivity contribution in [3.05, 3.63) is 47.6 Å². The Kier molecular flexibility index (Phi) is 12.1. The van der Waals surface area contributed by atoms with E-state index < -0.39 is 56.7 Å². The van der Waals surface area contributed by atoms with Gasteiger partial charge in [-0.15, -0.1) is 11.3 Å². The molecule has 6 fully saturated rings. The highest BCUT2D eigenvalue weighted by Crippen LogP contribution is 2.69. The zero-order valence-electron chi connectivity index (χ0n) is 38.2.